The molecule has 0 aromatic carbocycles. The van der Waals surface area contributed by atoms with Crippen LogP contribution in [-0.2, 0) is 0 Å². The molecule has 0 spiro atoms. The topological polar surface area (TPSA) is 29.3 Å². The van der Waals surface area contributed by atoms with Crippen LogP contribution in [0, 0.1) is 23.2 Å². The van der Waals surface area contributed by atoms with Gasteiger partial charge in [-0.2, -0.15) is 0 Å². The van der Waals surface area contributed by atoms with Crippen LogP contribution in [0.15, 0.2) is 0 Å². The number of nitrogens with zero attached hydrogens (tertiary/aromatic N) is 1. The molecule has 0 aromatic rings. The summed E-state index contributed by atoms with van der Waals surface area (Å²) < 4.78 is 0. The van der Waals surface area contributed by atoms with E-state index in [0.717, 1.165) is 11.8 Å². The molecule has 0 amide bonds. The minimum Gasteiger partial charge on any atom is -0.327 e. The zero-order valence-electron chi connectivity index (χ0n) is 12.8. The van der Waals surface area contributed by atoms with Crippen LogP contribution < -0.4 is 5.73 Å². The smallest absolute Gasteiger partial charge is 0.00795 e. The number of nitrogens with two attached hydrogens (primary N) is 1. The van der Waals surface area contributed by atoms with Gasteiger partial charge in [-0.05, 0) is 62.3 Å². The number of hydrogen-bond acceptors (Lipinski definition) is 2. The Kier molecular flexibility index (Phi) is 4.38. The second kappa shape index (κ2) is 5.50. The highest BCUT2D eigenvalue weighted by atomic mass is 15.1. The zero-order valence-corrected chi connectivity index (χ0v) is 12.8. The van der Waals surface area contributed by atoms with Gasteiger partial charge >= 0.3 is 0 Å². The molecule has 0 aromatic heterocycles. The molecule has 0 bridgehead atoms. The maximum Gasteiger partial charge on any atom is 0.00795 e. The average molecular weight is 252 g/mol. The molecule has 2 nitrogen and oxygen atoms in total. The first kappa shape index (κ1) is 14.3. The molecule has 2 saturated carbocycles. The third kappa shape index (κ3) is 3.96. The molecule has 106 valence electrons. The van der Waals surface area contributed by atoms with Crippen LogP contribution >= 0.6 is 0 Å². The summed E-state index contributed by atoms with van der Waals surface area (Å²) in [4.78, 5) is 2.53. The standard InChI is InChI=1S/C16H32N2/c1-16(2,3)14-7-8-15(17)13(9-14)11-18(4)10-12-5-6-12/h12-15H,5-11,17H2,1-4H3. The van der Waals surface area contributed by atoms with E-state index in [9.17, 15) is 0 Å². The van der Waals surface area contributed by atoms with E-state index in [1.165, 1.54) is 45.2 Å². The summed E-state index contributed by atoms with van der Waals surface area (Å²) in [6, 6.07) is 0.435. The average Bonchev–Trinajstić information content (AvgIpc) is 3.03. The van der Waals surface area contributed by atoms with Crippen LogP contribution in [0.5, 0.6) is 0 Å². The third-order valence-corrected chi connectivity index (χ3v) is 5.08. The molecule has 2 aliphatic rings. The largest absolute Gasteiger partial charge is 0.327 e. The van der Waals surface area contributed by atoms with Crippen LogP contribution in [0.2, 0.25) is 0 Å². The normalized spacial score (nSPS) is 34.0. The Hall–Kier alpha value is -0.0800. The van der Waals surface area contributed by atoms with Gasteiger partial charge < -0.3 is 10.6 Å². The lowest BCUT2D eigenvalue weighted by Crippen LogP contribution is -2.44. The van der Waals surface area contributed by atoms with Gasteiger partial charge in [0, 0.05) is 19.1 Å². The van der Waals surface area contributed by atoms with Gasteiger partial charge in [0.2, 0.25) is 0 Å². The first-order valence-corrected chi connectivity index (χ1v) is 7.80. The van der Waals surface area contributed by atoms with Gasteiger partial charge in [0.25, 0.3) is 0 Å². The predicted molar refractivity (Wildman–Crippen MR) is 78.5 cm³/mol. The molecule has 2 aliphatic carbocycles. The van der Waals surface area contributed by atoms with Gasteiger partial charge in [0.1, 0.15) is 0 Å². The maximum atomic E-state index is 6.35. The Labute approximate surface area is 113 Å². The lowest BCUT2D eigenvalue weighted by molar-refractivity contribution is 0.105. The molecule has 0 aliphatic heterocycles. The summed E-state index contributed by atoms with van der Waals surface area (Å²) in [6.45, 7) is 9.67. The summed E-state index contributed by atoms with van der Waals surface area (Å²) >= 11 is 0. The fraction of sp³-hybridized carbons (Fsp3) is 1.00. The van der Waals surface area contributed by atoms with Crippen molar-refractivity contribution in [3.63, 3.8) is 0 Å². The monoisotopic (exact) mass is 252 g/mol. The molecule has 2 rings (SSSR count). The Morgan fingerprint density at radius 1 is 1.06 bits per heavy atom. The maximum absolute atomic E-state index is 6.35. The van der Waals surface area contributed by atoms with Crippen molar-refractivity contribution < 1.29 is 0 Å². The van der Waals surface area contributed by atoms with Gasteiger partial charge in [0.05, 0.1) is 0 Å². The first-order valence-electron chi connectivity index (χ1n) is 7.80. The van der Waals surface area contributed by atoms with Crippen molar-refractivity contribution in [2.45, 2.75) is 58.9 Å². The van der Waals surface area contributed by atoms with Crippen molar-refractivity contribution >= 4 is 0 Å². The second-order valence-electron chi connectivity index (χ2n) is 7.96. The van der Waals surface area contributed by atoms with Crippen molar-refractivity contribution in [3.8, 4) is 0 Å². The zero-order chi connectivity index (χ0) is 13.3. The van der Waals surface area contributed by atoms with E-state index in [1.807, 2.05) is 0 Å². The first-order chi connectivity index (χ1) is 8.36. The van der Waals surface area contributed by atoms with E-state index in [-0.39, 0.29) is 0 Å². The summed E-state index contributed by atoms with van der Waals surface area (Å²) in [5.74, 6) is 2.57. The van der Waals surface area contributed by atoms with E-state index in [2.05, 4.69) is 32.7 Å². The minimum atomic E-state index is 0.435. The fourth-order valence-electron chi connectivity index (χ4n) is 3.50. The van der Waals surface area contributed by atoms with Crippen LogP contribution in [-0.4, -0.2) is 31.1 Å². The van der Waals surface area contributed by atoms with E-state index in [4.69, 9.17) is 5.73 Å². The Morgan fingerprint density at radius 3 is 2.28 bits per heavy atom. The minimum absolute atomic E-state index is 0.435. The second-order valence-corrected chi connectivity index (χ2v) is 7.96. The summed E-state index contributed by atoms with van der Waals surface area (Å²) in [6.07, 6.45) is 6.79. The molecule has 2 fully saturated rings. The number of hydrogen-bond donors (Lipinski definition) is 1. The van der Waals surface area contributed by atoms with Crippen molar-refractivity contribution in [1.82, 2.24) is 4.90 Å². The molecule has 3 atom stereocenters. The Morgan fingerprint density at radius 2 is 1.72 bits per heavy atom. The number of rotatable bonds is 4. The van der Waals surface area contributed by atoms with Gasteiger partial charge in [-0.3, -0.25) is 0 Å². The summed E-state index contributed by atoms with van der Waals surface area (Å²) in [5.41, 5.74) is 6.80. The van der Waals surface area contributed by atoms with Crippen LogP contribution in [0.25, 0.3) is 0 Å². The molecule has 0 heterocycles. The van der Waals surface area contributed by atoms with Crippen LogP contribution in [0.4, 0.5) is 0 Å². The van der Waals surface area contributed by atoms with Crippen molar-refractivity contribution in [2.75, 3.05) is 20.1 Å². The molecule has 18 heavy (non-hydrogen) atoms. The Bertz CT molecular complexity index is 265. The van der Waals surface area contributed by atoms with E-state index in [0.29, 0.717) is 17.4 Å². The molecule has 3 unspecified atom stereocenters. The molecule has 2 N–H and O–H groups in total. The van der Waals surface area contributed by atoms with Crippen molar-refractivity contribution in [2.24, 2.45) is 28.9 Å². The van der Waals surface area contributed by atoms with Gasteiger partial charge in [-0.15, -0.1) is 0 Å². The quantitative estimate of drug-likeness (QED) is 0.833. The van der Waals surface area contributed by atoms with Crippen molar-refractivity contribution in [3.05, 3.63) is 0 Å². The molecular weight excluding hydrogens is 220 g/mol. The van der Waals surface area contributed by atoms with Crippen LogP contribution in [0.3, 0.4) is 0 Å². The lowest BCUT2D eigenvalue weighted by atomic mass is 9.67. The van der Waals surface area contributed by atoms with E-state index >= 15 is 0 Å². The highest BCUT2D eigenvalue weighted by Crippen LogP contribution is 2.40. The fourth-order valence-corrected chi connectivity index (χ4v) is 3.50. The molecule has 0 saturated heterocycles. The summed E-state index contributed by atoms with van der Waals surface area (Å²) in [7, 11) is 2.28. The van der Waals surface area contributed by atoms with Gasteiger partial charge in [-0.25, -0.2) is 0 Å². The highest BCUT2D eigenvalue weighted by Gasteiger charge is 2.35. The molecule has 0 radical (unpaired) electrons. The SMILES string of the molecule is CN(CC1CC1)CC1CC(C(C)(C)C)CCC1N. The predicted octanol–water partition coefficient (Wildman–Crippen LogP) is 3.12. The van der Waals surface area contributed by atoms with Gasteiger partial charge in [-0.1, -0.05) is 20.8 Å². The van der Waals surface area contributed by atoms with E-state index in [1.54, 1.807) is 0 Å². The van der Waals surface area contributed by atoms with Crippen LogP contribution in [0.1, 0.15) is 52.9 Å². The highest BCUT2D eigenvalue weighted by molar-refractivity contribution is 4.89. The van der Waals surface area contributed by atoms with Crippen molar-refractivity contribution in [1.29, 1.82) is 0 Å². The third-order valence-electron chi connectivity index (χ3n) is 5.08. The summed E-state index contributed by atoms with van der Waals surface area (Å²) in [5, 5.41) is 0. The van der Waals surface area contributed by atoms with Gasteiger partial charge in [0.15, 0.2) is 0 Å². The molecule has 2 heteroatoms. The molecular formula is C16H32N2. The Balaban J connectivity index is 1.84. The lowest BCUT2D eigenvalue weighted by Gasteiger charge is -2.42. The van der Waals surface area contributed by atoms with E-state index < -0.39 is 0 Å².